The summed E-state index contributed by atoms with van der Waals surface area (Å²) in [5.41, 5.74) is 4.32. The molecule has 0 aliphatic heterocycles. The first-order valence-corrected chi connectivity index (χ1v) is 8.70. The van der Waals surface area contributed by atoms with Crippen LogP contribution in [-0.2, 0) is 0 Å². The highest BCUT2D eigenvalue weighted by atomic mass is 14.5. The summed E-state index contributed by atoms with van der Waals surface area (Å²) in [6.07, 6.45) is 13.5. The predicted octanol–water partition coefficient (Wildman–Crippen LogP) is 6.14. The van der Waals surface area contributed by atoms with Gasteiger partial charge >= 0.3 is 0 Å². The molecule has 0 heteroatoms. The SMILES string of the molecule is C/C1=C/CC2=CC(C)(C)CC[C@]2(C)C[C@H]2[C@@H](C)CC[C@@H]12. The topological polar surface area (TPSA) is 0 Å². The normalized spacial score (nSPS) is 46.4. The maximum Gasteiger partial charge on any atom is -0.0110 e. The van der Waals surface area contributed by atoms with Gasteiger partial charge in [-0.2, -0.15) is 0 Å². The van der Waals surface area contributed by atoms with Crippen LogP contribution in [-0.4, -0.2) is 0 Å². The summed E-state index contributed by atoms with van der Waals surface area (Å²) in [6, 6.07) is 0. The molecule has 0 spiro atoms. The zero-order valence-corrected chi connectivity index (χ0v) is 14.1. The van der Waals surface area contributed by atoms with Crippen LogP contribution in [0.15, 0.2) is 23.3 Å². The first-order chi connectivity index (χ1) is 9.31. The number of fused-ring (bicyclic) bond motifs is 2. The van der Waals surface area contributed by atoms with Crippen LogP contribution in [0.3, 0.4) is 0 Å². The molecule has 0 bridgehead atoms. The Morgan fingerprint density at radius 1 is 1.10 bits per heavy atom. The lowest BCUT2D eigenvalue weighted by Gasteiger charge is -2.45. The molecule has 3 aliphatic rings. The van der Waals surface area contributed by atoms with E-state index < -0.39 is 0 Å². The Labute approximate surface area is 125 Å². The van der Waals surface area contributed by atoms with Crippen LogP contribution in [0.1, 0.15) is 73.1 Å². The lowest BCUT2D eigenvalue weighted by atomic mass is 9.60. The van der Waals surface area contributed by atoms with Crippen LogP contribution in [0.4, 0.5) is 0 Å². The quantitative estimate of drug-likeness (QED) is 0.464. The molecule has 112 valence electrons. The van der Waals surface area contributed by atoms with Gasteiger partial charge in [0, 0.05) is 0 Å². The van der Waals surface area contributed by atoms with Gasteiger partial charge in [0.05, 0.1) is 0 Å². The molecular formula is C20H32. The van der Waals surface area contributed by atoms with Gasteiger partial charge in [-0.1, -0.05) is 51.0 Å². The fourth-order valence-corrected chi connectivity index (χ4v) is 5.13. The Bertz CT molecular complexity index is 451. The molecule has 0 saturated heterocycles. The fourth-order valence-electron chi connectivity index (χ4n) is 5.13. The van der Waals surface area contributed by atoms with E-state index in [0.717, 1.165) is 17.8 Å². The van der Waals surface area contributed by atoms with Crippen molar-refractivity contribution in [2.75, 3.05) is 0 Å². The minimum Gasteiger partial charge on any atom is -0.0812 e. The molecule has 3 rings (SSSR count). The van der Waals surface area contributed by atoms with Crippen LogP contribution in [0, 0.1) is 28.6 Å². The van der Waals surface area contributed by atoms with E-state index in [1.165, 1.54) is 38.5 Å². The Hall–Kier alpha value is -0.520. The Morgan fingerprint density at radius 2 is 1.85 bits per heavy atom. The average molecular weight is 272 g/mol. The number of allylic oxidation sites excluding steroid dienone is 4. The third kappa shape index (κ3) is 2.40. The molecule has 1 fully saturated rings. The van der Waals surface area contributed by atoms with E-state index in [0.29, 0.717) is 10.8 Å². The Balaban J connectivity index is 1.99. The van der Waals surface area contributed by atoms with Gasteiger partial charge in [0.15, 0.2) is 0 Å². The molecule has 20 heavy (non-hydrogen) atoms. The van der Waals surface area contributed by atoms with Gasteiger partial charge in [0.25, 0.3) is 0 Å². The lowest BCUT2D eigenvalue weighted by Crippen LogP contribution is -2.34. The van der Waals surface area contributed by atoms with Crippen LogP contribution in [0.2, 0.25) is 0 Å². The first kappa shape index (κ1) is 14.4. The molecule has 0 heterocycles. The van der Waals surface area contributed by atoms with Crippen LogP contribution in [0.25, 0.3) is 0 Å². The molecular weight excluding hydrogens is 240 g/mol. The van der Waals surface area contributed by atoms with E-state index in [4.69, 9.17) is 0 Å². The van der Waals surface area contributed by atoms with E-state index in [1.54, 1.807) is 11.1 Å². The summed E-state index contributed by atoms with van der Waals surface area (Å²) in [6.45, 7) is 12.3. The standard InChI is InChI=1S/C20H32/c1-14-6-8-16-12-19(3,4)10-11-20(16,5)13-18-15(2)7-9-17(14)18/h6,12,15,17-18H,7-11,13H2,1-5H3/b14-6-/t15-,17-,18-,20+/m0/s1. The summed E-state index contributed by atoms with van der Waals surface area (Å²) in [7, 11) is 0. The molecule has 0 aromatic heterocycles. The highest BCUT2D eigenvalue weighted by Gasteiger charge is 2.44. The molecule has 0 radical (unpaired) electrons. The molecule has 0 N–H and O–H groups in total. The van der Waals surface area contributed by atoms with Crippen molar-refractivity contribution in [3.8, 4) is 0 Å². The van der Waals surface area contributed by atoms with E-state index in [-0.39, 0.29) is 0 Å². The summed E-state index contributed by atoms with van der Waals surface area (Å²) >= 11 is 0. The van der Waals surface area contributed by atoms with Crippen LogP contribution in [0.5, 0.6) is 0 Å². The van der Waals surface area contributed by atoms with E-state index in [9.17, 15) is 0 Å². The number of hydrogen-bond acceptors (Lipinski definition) is 0. The van der Waals surface area contributed by atoms with Gasteiger partial charge in [-0.3, -0.25) is 0 Å². The first-order valence-electron chi connectivity index (χ1n) is 8.70. The van der Waals surface area contributed by atoms with Crippen molar-refractivity contribution < 1.29 is 0 Å². The van der Waals surface area contributed by atoms with Crippen molar-refractivity contribution in [3.63, 3.8) is 0 Å². The molecule has 3 aliphatic carbocycles. The van der Waals surface area contributed by atoms with Gasteiger partial charge in [0.2, 0.25) is 0 Å². The summed E-state index contributed by atoms with van der Waals surface area (Å²) in [5, 5.41) is 0. The minimum atomic E-state index is 0.413. The van der Waals surface area contributed by atoms with E-state index in [1.807, 2.05) is 0 Å². The van der Waals surface area contributed by atoms with E-state index >= 15 is 0 Å². The molecule has 1 saturated carbocycles. The molecule has 0 amide bonds. The minimum absolute atomic E-state index is 0.413. The van der Waals surface area contributed by atoms with Crippen molar-refractivity contribution in [1.82, 2.24) is 0 Å². The second-order valence-electron chi connectivity index (χ2n) is 8.90. The number of rotatable bonds is 0. The zero-order chi connectivity index (χ0) is 14.5. The second-order valence-corrected chi connectivity index (χ2v) is 8.90. The van der Waals surface area contributed by atoms with Gasteiger partial charge < -0.3 is 0 Å². The van der Waals surface area contributed by atoms with E-state index in [2.05, 4.69) is 46.8 Å². The van der Waals surface area contributed by atoms with Gasteiger partial charge in [-0.25, -0.2) is 0 Å². The maximum atomic E-state index is 2.63. The van der Waals surface area contributed by atoms with Gasteiger partial charge in [0.1, 0.15) is 0 Å². The van der Waals surface area contributed by atoms with Crippen molar-refractivity contribution >= 4 is 0 Å². The average Bonchev–Trinajstić information content (AvgIpc) is 2.71. The molecule has 4 atom stereocenters. The van der Waals surface area contributed by atoms with Gasteiger partial charge in [-0.05, 0) is 74.0 Å². The fraction of sp³-hybridized carbons (Fsp3) is 0.800. The molecule has 0 aromatic carbocycles. The highest BCUT2D eigenvalue weighted by Crippen LogP contribution is 2.55. The van der Waals surface area contributed by atoms with Crippen molar-refractivity contribution in [2.45, 2.75) is 73.1 Å². The predicted molar refractivity (Wildman–Crippen MR) is 87.6 cm³/mol. The summed E-state index contributed by atoms with van der Waals surface area (Å²) in [4.78, 5) is 0. The number of hydrogen-bond donors (Lipinski definition) is 0. The molecule has 0 aromatic rings. The third-order valence-corrected chi connectivity index (χ3v) is 6.76. The second kappa shape index (κ2) is 4.75. The van der Waals surface area contributed by atoms with Crippen molar-refractivity contribution in [1.29, 1.82) is 0 Å². The van der Waals surface area contributed by atoms with Crippen LogP contribution >= 0.6 is 0 Å². The van der Waals surface area contributed by atoms with Crippen LogP contribution < -0.4 is 0 Å². The lowest BCUT2D eigenvalue weighted by molar-refractivity contribution is 0.172. The Morgan fingerprint density at radius 3 is 2.60 bits per heavy atom. The largest absolute Gasteiger partial charge is 0.0812 e. The van der Waals surface area contributed by atoms with Crippen molar-refractivity contribution in [2.24, 2.45) is 28.6 Å². The Kier molecular flexibility index (Phi) is 3.42. The smallest absolute Gasteiger partial charge is 0.0110 e. The highest BCUT2D eigenvalue weighted by molar-refractivity contribution is 5.27. The monoisotopic (exact) mass is 272 g/mol. The summed E-state index contributed by atoms with van der Waals surface area (Å²) in [5.74, 6) is 2.74. The van der Waals surface area contributed by atoms with Crippen molar-refractivity contribution in [3.05, 3.63) is 23.3 Å². The zero-order valence-electron chi connectivity index (χ0n) is 14.1. The maximum absolute atomic E-state index is 2.63. The third-order valence-electron chi connectivity index (χ3n) is 6.76. The molecule has 0 unspecified atom stereocenters. The molecule has 0 nitrogen and oxygen atoms in total. The van der Waals surface area contributed by atoms with Gasteiger partial charge in [-0.15, -0.1) is 0 Å². The summed E-state index contributed by atoms with van der Waals surface area (Å²) < 4.78 is 0.